The van der Waals surface area contributed by atoms with E-state index in [0.29, 0.717) is 24.5 Å². The number of fused-ring (bicyclic) bond motifs is 1. The topological polar surface area (TPSA) is 76.0 Å². The number of carbonyl (C=O) groups excluding carboxylic acids is 1. The van der Waals surface area contributed by atoms with E-state index < -0.39 is 10.0 Å². The van der Waals surface area contributed by atoms with E-state index in [1.807, 2.05) is 47.4 Å². The maximum absolute atomic E-state index is 12.5. The van der Waals surface area contributed by atoms with Gasteiger partial charge >= 0.3 is 5.97 Å². The van der Waals surface area contributed by atoms with Gasteiger partial charge in [-0.25, -0.2) is 0 Å². The molecule has 1 atom stereocenters. The van der Waals surface area contributed by atoms with Crippen molar-refractivity contribution in [3.63, 3.8) is 0 Å². The predicted molar refractivity (Wildman–Crippen MR) is 111 cm³/mol. The van der Waals surface area contributed by atoms with Gasteiger partial charge in [-0.1, -0.05) is 48.5 Å². The van der Waals surface area contributed by atoms with Crippen molar-refractivity contribution in [3.05, 3.63) is 71.8 Å². The molecular weight excluding hydrogens is 388 g/mol. The Morgan fingerprint density at radius 2 is 1.90 bits per heavy atom. The van der Waals surface area contributed by atoms with Crippen LogP contribution in [-0.4, -0.2) is 44.8 Å². The molecule has 2 aromatic carbocycles. The quantitative estimate of drug-likeness (QED) is 0.724. The molecule has 2 aliphatic heterocycles. The fourth-order valence-corrected chi connectivity index (χ4v) is 4.90. The Morgan fingerprint density at radius 3 is 2.72 bits per heavy atom. The van der Waals surface area contributed by atoms with E-state index in [2.05, 4.69) is 4.40 Å². The summed E-state index contributed by atoms with van der Waals surface area (Å²) < 4.78 is 34.0. The molecule has 0 spiro atoms. The van der Waals surface area contributed by atoms with E-state index in [0.717, 1.165) is 18.4 Å². The molecule has 1 unspecified atom stereocenters. The summed E-state index contributed by atoms with van der Waals surface area (Å²) >= 11 is 0. The number of hydrogen-bond acceptors (Lipinski definition) is 5. The largest absolute Gasteiger partial charge is 0.461 e. The van der Waals surface area contributed by atoms with Crippen LogP contribution in [0.1, 0.15) is 24.0 Å². The summed E-state index contributed by atoms with van der Waals surface area (Å²) in [7, 11) is -3.66. The molecule has 0 amide bonds. The van der Waals surface area contributed by atoms with Gasteiger partial charge in [-0.3, -0.25) is 4.79 Å². The highest BCUT2D eigenvalue weighted by Crippen LogP contribution is 2.29. The first-order valence-electron chi connectivity index (χ1n) is 9.62. The van der Waals surface area contributed by atoms with Gasteiger partial charge < -0.3 is 9.64 Å². The number of hydrogen-bond donors (Lipinski definition) is 0. The van der Waals surface area contributed by atoms with Crippen molar-refractivity contribution >= 4 is 27.9 Å². The van der Waals surface area contributed by atoms with Gasteiger partial charge in [0, 0.05) is 18.7 Å². The number of sulfonamides is 1. The Balaban J connectivity index is 1.39. The highest BCUT2D eigenvalue weighted by atomic mass is 32.2. The lowest BCUT2D eigenvalue weighted by Gasteiger charge is -2.32. The molecule has 150 valence electrons. The first kappa shape index (κ1) is 19.4. The summed E-state index contributed by atoms with van der Waals surface area (Å²) in [6, 6.07) is 16.6. The van der Waals surface area contributed by atoms with E-state index in [1.54, 1.807) is 24.3 Å². The molecule has 0 saturated carbocycles. The molecule has 1 fully saturated rings. The normalized spacial score (nSPS) is 20.3. The van der Waals surface area contributed by atoms with Crippen LogP contribution >= 0.6 is 0 Å². The number of piperidine rings is 1. The average Bonchev–Trinajstić information content (AvgIpc) is 3.03. The van der Waals surface area contributed by atoms with Crippen LogP contribution < -0.4 is 0 Å². The van der Waals surface area contributed by atoms with Crippen molar-refractivity contribution in [1.29, 1.82) is 0 Å². The Hall–Kier alpha value is -2.93. The van der Waals surface area contributed by atoms with Crippen molar-refractivity contribution in [2.75, 3.05) is 19.7 Å². The van der Waals surface area contributed by atoms with Crippen LogP contribution in [0.15, 0.2) is 70.0 Å². The molecule has 7 heteroatoms. The van der Waals surface area contributed by atoms with Gasteiger partial charge in [0.2, 0.25) is 0 Å². The van der Waals surface area contributed by atoms with Crippen LogP contribution in [0.4, 0.5) is 0 Å². The van der Waals surface area contributed by atoms with E-state index >= 15 is 0 Å². The zero-order valence-corrected chi connectivity index (χ0v) is 16.7. The van der Waals surface area contributed by atoms with E-state index in [4.69, 9.17) is 4.74 Å². The number of esters is 1. The fourth-order valence-electron chi connectivity index (χ4n) is 3.67. The van der Waals surface area contributed by atoms with Gasteiger partial charge in [-0.15, -0.1) is 4.40 Å². The lowest BCUT2D eigenvalue weighted by atomic mass is 9.97. The number of amidine groups is 1. The van der Waals surface area contributed by atoms with Gasteiger partial charge in [0.1, 0.15) is 11.5 Å². The molecule has 4 rings (SSSR count). The number of rotatable bonds is 4. The molecule has 29 heavy (non-hydrogen) atoms. The van der Waals surface area contributed by atoms with Gasteiger partial charge in [-0.05, 0) is 36.6 Å². The molecular formula is C22H22N2O4S. The van der Waals surface area contributed by atoms with Gasteiger partial charge in [0.25, 0.3) is 10.0 Å². The number of nitrogens with zero attached hydrogens (tertiary/aromatic N) is 2. The molecule has 2 aromatic rings. The predicted octanol–water partition coefficient (Wildman–Crippen LogP) is 3.10. The second kappa shape index (κ2) is 8.21. The molecule has 6 nitrogen and oxygen atoms in total. The highest BCUT2D eigenvalue weighted by Gasteiger charge is 2.35. The molecule has 0 bridgehead atoms. The minimum Gasteiger partial charge on any atom is -0.461 e. The minimum atomic E-state index is -3.66. The molecule has 0 aliphatic carbocycles. The van der Waals surface area contributed by atoms with E-state index in [-0.39, 0.29) is 23.4 Å². The maximum Gasteiger partial charge on any atom is 0.311 e. The third-order valence-corrected chi connectivity index (χ3v) is 6.42. The molecule has 2 heterocycles. The smallest absolute Gasteiger partial charge is 0.311 e. The van der Waals surface area contributed by atoms with E-state index in [9.17, 15) is 13.2 Å². The lowest BCUT2D eigenvalue weighted by molar-refractivity contribution is -0.148. The van der Waals surface area contributed by atoms with Gasteiger partial charge in [0.05, 0.1) is 5.92 Å². The SMILES string of the molecule is O=C(OC/C=C/c1ccccc1)C1CCCN(C2=NS(=O)(=O)c3ccccc32)C1. The highest BCUT2D eigenvalue weighted by molar-refractivity contribution is 7.90. The Bertz CT molecular complexity index is 1060. The zero-order chi connectivity index (χ0) is 20.3. The number of benzene rings is 2. The van der Waals surface area contributed by atoms with Crippen molar-refractivity contribution in [2.45, 2.75) is 17.7 Å². The monoisotopic (exact) mass is 410 g/mol. The summed E-state index contributed by atoms with van der Waals surface area (Å²) in [6.07, 6.45) is 5.23. The molecule has 0 radical (unpaired) electrons. The lowest BCUT2D eigenvalue weighted by Crippen LogP contribution is -2.42. The van der Waals surface area contributed by atoms with Crippen LogP contribution in [0.2, 0.25) is 0 Å². The first-order chi connectivity index (χ1) is 14.0. The minimum absolute atomic E-state index is 0.211. The number of ether oxygens (including phenoxy) is 1. The molecule has 0 N–H and O–H groups in total. The Labute approximate surface area is 170 Å². The van der Waals surface area contributed by atoms with Crippen molar-refractivity contribution in [2.24, 2.45) is 10.3 Å². The third-order valence-electron chi connectivity index (χ3n) is 5.10. The summed E-state index contributed by atoms with van der Waals surface area (Å²) in [5.74, 6) is -0.128. The second-order valence-corrected chi connectivity index (χ2v) is 8.69. The first-order valence-corrected chi connectivity index (χ1v) is 11.1. The van der Waals surface area contributed by atoms with Crippen molar-refractivity contribution in [1.82, 2.24) is 4.90 Å². The standard InChI is InChI=1S/C22H22N2O4S/c25-22(28-15-7-10-17-8-2-1-3-9-17)18-11-6-14-24(16-18)21-19-12-4-5-13-20(19)29(26,27)23-21/h1-5,7-10,12-13,18H,6,11,14-16H2/b10-7+. The number of likely N-dealkylation sites (tertiary alicyclic amines) is 1. The van der Waals surface area contributed by atoms with Crippen LogP contribution in [0.5, 0.6) is 0 Å². The summed E-state index contributed by atoms with van der Waals surface area (Å²) in [4.78, 5) is 14.6. The van der Waals surface area contributed by atoms with Gasteiger partial charge in [-0.2, -0.15) is 8.42 Å². The van der Waals surface area contributed by atoms with Crippen molar-refractivity contribution < 1.29 is 17.9 Å². The van der Waals surface area contributed by atoms with E-state index in [1.165, 1.54) is 0 Å². The second-order valence-electron chi connectivity index (χ2n) is 7.11. The van der Waals surface area contributed by atoms with Crippen molar-refractivity contribution in [3.8, 4) is 0 Å². The Kier molecular flexibility index (Phi) is 5.49. The van der Waals surface area contributed by atoms with Crippen LogP contribution in [0.3, 0.4) is 0 Å². The maximum atomic E-state index is 12.5. The molecule has 0 aromatic heterocycles. The van der Waals surface area contributed by atoms with Crippen LogP contribution in [-0.2, 0) is 19.6 Å². The summed E-state index contributed by atoms with van der Waals surface area (Å²) in [6.45, 7) is 1.28. The van der Waals surface area contributed by atoms with Gasteiger partial charge in [0.15, 0.2) is 5.84 Å². The average molecular weight is 410 g/mol. The molecule has 1 saturated heterocycles. The molecule has 2 aliphatic rings. The number of carbonyl (C=O) groups is 1. The van der Waals surface area contributed by atoms with Crippen LogP contribution in [0, 0.1) is 5.92 Å². The zero-order valence-electron chi connectivity index (χ0n) is 15.9. The third kappa shape index (κ3) is 4.24. The summed E-state index contributed by atoms with van der Waals surface area (Å²) in [5.41, 5.74) is 1.65. The Morgan fingerprint density at radius 1 is 1.14 bits per heavy atom. The van der Waals surface area contributed by atoms with Crippen LogP contribution in [0.25, 0.3) is 6.08 Å². The fraction of sp³-hybridized carbons (Fsp3) is 0.273. The summed E-state index contributed by atoms with van der Waals surface area (Å²) in [5, 5.41) is 0.